The highest BCUT2D eigenvalue weighted by Gasteiger charge is 2.05. The van der Waals surface area contributed by atoms with E-state index >= 15 is 0 Å². The first-order valence-corrected chi connectivity index (χ1v) is 4.47. The van der Waals surface area contributed by atoms with E-state index in [-0.39, 0.29) is 5.78 Å². The second kappa shape index (κ2) is 3.59. The molecule has 3 N–H and O–H groups in total. The molecule has 72 valence electrons. The molecule has 0 saturated carbocycles. The number of Topliss-reactive ketones (excluding diaryl/α,β-unsaturated/α-hetero) is 1. The van der Waals surface area contributed by atoms with Crippen LogP contribution in [-0.2, 0) is 0 Å². The Labute approximate surface area is 81.1 Å². The molecule has 0 spiro atoms. The molecule has 1 heterocycles. The van der Waals surface area contributed by atoms with Crippen molar-refractivity contribution in [2.24, 2.45) is 5.73 Å². The van der Waals surface area contributed by atoms with Gasteiger partial charge in [0.05, 0.1) is 17.4 Å². The number of aromatic amines is 1. The van der Waals surface area contributed by atoms with Crippen molar-refractivity contribution in [3.8, 4) is 0 Å². The van der Waals surface area contributed by atoms with Crippen molar-refractivity contribution in [2.75, 3.05) is 6.54 Å². The number of imidazole rings is 1. The highest BCUT2D eigenvalue weighted by molar-refractivity contribution is 5.98. The maximum atomic E-state index is 11.5. The van der Waals surface area contributed by atoms with Crippen molar-refractivity contribution in [3.05, 3.63) is 30.1 Å². The summed E-state index contributed by atoms with van der Waals surface area (Å²) < 4.78 is 0. The Morgan fingerprint density at radius 1 is 1.50 bits per heavy atom. The molecule has 0 bridgehead atoms. The van der Waals surface area contributed by atoms with Crippen LogP contribution in [0.25, 0.3) is 11.0 Å². The van der Waals surface area contributed by atoms with E-state index in [0.29, 0.717) is 18.5 Å². The summed E-state index contributed by atoms with van der Waals surface area (Å²) in [5.74, 6) is 0.0731. The Hall–Kier alpha value is -1.68. The molecule has 4 nitrogen and oxygen atoms in total. The summed E-state index contributed by atoms with van der Waals surface area (Å²) in [6.45, 7) is 0.389. The van der Waals surface area contributed by atoms with Crippen LogP contribution in [0.15, 0.2) is 24.5 Å². The molecule has 0 aliphatic heterocycles. The van der Waals surface area contributed by atoms with Crippen LogP contribution in [0.3, 0.4) is 0 Å². The van der Waals surface area contributed by atoms with Crippen molar-refractivity contribution in [2.45, 2.75) is 6.42 Å². The number of nitrogens with two attached hydrogens (primary N) is 1. The quantitative estimate of drug-likeness (QED) is 0.710. The number of rotatable bonds is 3. The van der Waals surface area contributed by atoms with Gasteiger partial charge in [-0.15, -0.1) is 0 Å². The number of aromatic nitrogens is 2. The van der Waals surface area contributed by atoms with Crippen molar-refractivity contribution in [1.82, 2.24) is 9.97 Å². The lowest BCUT2D eigenvalue weighted by Gasteiger charge is -1.98. The molecule has 0 unspecified atom stereocenters. The molecular formula is C10H11N3O. The number of H-pyrrole nitrogens is 1. The van der Waals surface area contributed by atoms with Gasteiger partial charge in [0.15, 0.2) is 5.78 Å². The monoisotopic (exact) mass is 189 g/mol. The molecule has 14 heavy (non-hydrogen) atoms. The van der Waals surface area contributed by atoms with Crippen molar-refractivity contribution in [3.63, 3.8) is 0 Å². The van der Waals surface area contributed by atoms with E-state index in [0.717, 1.165) is 11.0 Å². The van der Waals surface area contributed by atoms with Crippen LogP contribution in [0, 0.1) is 0 Å². The van der Waals surface area contributed by atoms with Gasteiger partial charge in [-0.25, -0.2) is 4.98 Å². The molecule has 4 heteroatoms. The summed E-state index contributed by atoms with van der Waals surface area (Å²) in [5.41, 5.74) is 7.76. The first-order valence-electron chi connectivity index (χ1n) is 4.47. The summed E-state index contributed by atoms with van der Waals surface area (Å²) in [6.07, 6.45) is 2.00. The van der Waals surface area contributed by atoms with Crippen molar-refractivity contribution < 1.29 is 4.79 Å². The Bertz CT molecular complexity index is 461. The number of carbonyl (C=O) groups excluding carboxylic acids is 1. The van der Waals surface area contributed by atoms with Crippen LogP contribution in [0.2, 0.25) is 0 Å². The van der Waals surface area contributed by atoms with E-state index in [1.54, 1.807) is 18.5 Å². The molecule has 0 amide bonds. The number of hydrogen-bond acceptors (Lipinski definition) is 3. The predicted molar refractivity (Wildman–Crippen MR) is 54.1 cm³/mol. The number of hydrogen-bond donors (Lipinski definition) is 2. The Morgan fingerprint density at radius 3 is 3.14 bits per heavy atom. The third-order valence-electron chi connectivity index (χ3n) is 2.11. The van der Waals surface area contributed by atoms with Crippen molar-refractivity contribution in [1.29, 1.82) is 0 Å². The Morgan fingerprint density at radius 2 is 2.36 bits per heavy atom. The summed E-state index contributed by atoms with van der Waals surface area (Å²) >= 11 is 0. The molecule has 1 aromatic carbocycles. The van der Waals surface area contributed by atoms with Gasteiger partial charge < -0.3 is 10.7 Å². The average molecular weight is 189 g/mol. The smallest absolute Gasteiger partial charge is 0.164 e. The van der Waals surface area contributed by atoms with E-state index in [2.05, 4.69) is 9.97 Å². The molecule has 2 aromatic rings. The van der Waals surface area contributed by atoms with Crippen LogP contribution in [0.5, 0.6) is 0 Å². The summed E-state index contributed by atoms with van der Waals surface area (Å²) in [4.78, 5) is 18.5. The fraction of sp³-hybridized carbons (Fsp3) is 0.200. The number of carbonyl (C=O) groups is 1. The standard InChI is InChI=1S/C10H11N3O/c11-4-3-10(14)7-1-2-8-9(5-7)13-6-12-8/h1-2,5-6H,3-4,11H2,(H,12,13). The molecular weight excluding hydrogens is 178 g/mol. The minimum absolute atomic E-state index is 0.0731. The van der Waals surface area contributed by atoms with Gasteiger partial charge in [-0.3, -0.25) is 4.79 Å². The maximum absolute atomic E-state index is 11.5. The second-order valence-corrected chi connectivity index (χ2v) is 3.10. The third-order valence-corrected chi connectivity index (χ3v) is 2.11. The number of fused-ring (bicyclic) bond motifs is 1. The fourth-order valence-electron chi connectivity index (χ4n) is 1.38. The Kier molecular flexibility index (Phi) is 2.28. The molecule has 0 aliphatic rings. The van der Waals surface area contributed by atoms with Gasteiger partial charge in [0.25, 0.3) is 0 Å². The van der Waals surface area contributed by atoms with Gasteiger partial charge in [0.2, 0.25) is 0 Å². The minimum Gasteiger partial charge on any atom is -0.345 e. The summed E-state index contributed by atoms with van der Waals surface area (Å²) in [7, 11) is 0. The minimum atomic E-state index is 0.0731. The lowest BCUT2D eigenvalue weighted by atomic mass is 10.1. The molecule has 0 atom stereocenters. The van der Waals surface area contributed by atoms with Crippen LogP contribution >= 0.6 is 0 Å². The predicted octanol–water partition coefficient (Wildman–Crippen LogP) is 1.09. The SMILES string of the molecule is NCCC(=O)c1ccc2nc[nH]c2c1. The normalized spacial score (nSPS) is 10.6. The zero-order chi connectivity index (χ0) is 9.97. The lowest BCUT2D eigenvalue weighted by molar-refractivity contribution is 0.0985. The zero-order valence-corrected chi connectivity index (χ0v) is 7.66. The molecule has 0 aliphatic carbocycles. The lowest BCUT2D eigenvalue weighted by Crippen LogP contribution is -2.07. The number of nitrogens with one attached hydrogen (secondary N) is 1. The van der Waals surface area contributed by atoms with Gasteiger partial charge in [-0.2, -0.15) is 0 Å². The van der Waals surface area contributed by atoms with Gasteiger partial charge in [-0.1, -0.05) is 0 Å². The zero-order valence-electron chi connectivity index (χ0n) is 7.66. The maximum Gasteiger partial charge on any atom is 0.164 e. The first-order chi connectivity index (χ1) is 6.81. The number of ketones is 1. The van der Waals surface area contributed by atoms with E-state index < -0.39 is 0 Å². The number of nitrogens with zero attached hydrogens (tertiary/aromatic N) is 1. The topological polar surface area (TPSA) is 71.8 Å². The van der Waals surface area contributed by atoms with E-state index in [9.17, 15) is 4.79 Å². The van der Waals surface area contributed by atoms with E-state index in [1.165, 1.54) is 0 Å². The third kappa shape index (κ3) is 1.52. The Balaban J connectivity index is 2.38. The molecule has 0 fully saturated rings. The van der Waals surface area contributed by atoms with E-state index in [1.807, 2.05) is 6.07 Å². The van der Waals surface area contributed by atoms with Crippen LogP contribution in [0.1, 0.15) is 16.8 Å². The molecule has 0 radical (unpaired) electrons. The summed E-state index contributed by atoms with van der Waals surface area (Å²) in [5, 5.41) is 0. The highest BCUT2D eigenvalue weighted by Crippen LogP contribution is 2.12. The van der Waals surface area contributed by atoms with Crippen LogP contribution < -0.4 is 5.73 Å². The fourth-order valence-corrected chi connectivity index (χ4v) is 1.38. The number of benzene rings is 1. The first kappa shape index (κ1) is 8.90. The van der Waals surface area contributed by atoms with E-state index in [4.69, 9.17) is 5.73 Å². The van der Waals surface area contributed by atoms with Gasteiger partial charge in [0, 0.05) is 12.0 Å². The summed E-state index contributed by atoms with van der Waals surface area (Å²) in [6, 6.07) is 5.41. The van der Waals surface area contributed by atoms with Crippen molar-refractivity contribution >= 4 is 16.8 Å². The molecule has 1 aromatic heterocycles. The van der Waals surface area contributed by atoms with Gasteiger partial charge >= 0.3 is 0 Å². The molecule has 2 rings (SSSR count). The largest absolute Gasteiger partial charge is 0.345 e. The van der Waals surface area contributed by atoms with Crippen LogP contribution in [-0.4, -0.2) is 22.3 Å². The van der Waals surface area contributed by atoms with Gasteiger partial charge in [-0.05, 0) is 24.7 Å². The highest BCUT2D eigenvalue weighted by atomic mass is 16.1. The van der Waals surface area contributed by atoms with Crippen LogP contribution in [0.4, 0.5) is 0 Å². The average Bonchev–Trinajstić information content (AvgIpc) is 2.64. The van der Waals surface area contributed by atoms with Gasteiger partial charge in [0.1, 0.15) is 0 Å². The molecule has 0 saturated heterocycles. The second-order valence-electron chi connectivity index (χ2n) is 3.10.